The van der Waals surface area contributed by atoms with Gasteiger partial charge in [-0.1, -0.05) is 36.4 Å². The summed E-state index contributed by atoms with van der Waals surface area (Å²) in [4.78, 5) is 24.8. The summed E-state index contributed by atoms with van der Waals surface area (Å²) in [6.45, 7) is 2.73. The molecule has 0 aliphatic carbocycles. The van der Waals surface area contributed by atoms with E-state index < -0.39 is 12.1 Å². The predicted molar refractivity (Wildman–Crippen MR) is 114 cm³/mol. The van der Waals surface area contributed by atoms with Gasteiger partial charge in [-0.25, -0.2) is 0 Å². The van der Waals surface area contributed by atoms with Crippen LogP contribution in [0.4, 0.5) is 0 Å². The summed E-state index contributed by atoms with van der Waals surface area (Å²) in [5.41, 5.74) is 2.31. The van der Waals surface area contributed by atoms with Crippen molar-refractivity contribution in [2.75, 3.05) is 18.1 Å². The number of aliphatic carboxylic acids is 1. The summed E-state index contributed by atoms with van der Waals surface area (Å²) in [5.74, 6) is 0.860. The molecule has 1 saturated heterocycles. The van der Waals surface area contributed by atoms with Crippen LogP contribution in [-0.2, 0) is 16.0 Å². The molecule has 1 aromatic rings. The van der Waals surface area contributed by atoms with Crippen molar-refractivity contribution in [1.29, 1.82) is 0 Å². The maximum Gasteiger partial charge on any atom is 0.304 e. The number of carboxylic acid groups (broad SMARTS) is 1. The van der Waals surface area contributed by atoms with Gasteiger partial charge in [0.1, 0.15) is 0 Å². The molecule has 1 aromatic carbocycles. The van der Waals surface area contributed by atoms with Gasteiger partial charge in [0.15, 0.2) is 0 Å². The van der Waals surface area contributed by atoms with Crippen LogP contribution in [0.3, 0.4) is 0 Å². The van der Waals surface area contributed by atoms with E-state index in [1.807, 2.05) is 48.2 Å². The van der Waals surface area contributed by atoms with Gasteiger partial charge in [-0.2, -0.15) is 11.8 Å². The zero-order chi connectivity index (χ0) is 20.4. The van der Waals surface area contributed by atoms with Crippen molar-refractivity contribution in [3.05, 3.63) is 47.5 Å². The van der Waals surface area contributed by atoms with Crippen LogP contribution < -0.4 is 0 Å². The summed E-state index contributed by atoms with van der Waals surface area (Å²) in [7, 11) is 0. The zero-order valence-corrected chi connectivity index (χ0v) is 17.4. The number of thioether (sulfide) groups is 1. The van der Waals surface area contributed by atoms with E-state index in [1.54, 1.807) is 11.8 Å². The number of benzene rings is 1. The highest BCUT2D eigenvalue weighted by Crippen LogP contribution is 2.21. The first-order valence-corrected chi connectivity index (χ1v) is 11.1. The second kappa shape index (κ2) is 11.9. The van der Waals surface area contributed by atoms with Crippen molar-refractivity contribution in [1.82, 2.24) is 4.90 Å². The smallest absolute Gasteiger partial charge is 0.304 e. The monoisotopic (exact) mass is 405 g/mol. The lowest BCUT2D eigenvalue weighted by Gasteiger charge is -2.34. The largest absolute Gasteiger partial charge is 0.481 e. The quantitative estimate of drug-likeness (QED) is 0.436. The van der Waals surface area contributed by atoms with Gasteiger partial charge in [-0.15, -0.1) is 0 Å². The molecule has 1 amide bonds. The second-order valence-corrected chi connectivity index (χ2v) is 8.46. The number of rotatable bonds is 11. The number of nitrogens with zero attached hydrogens (tertiary/aromatic N) is 1. The van der Waals surface area contributed by atoms with Crippen LogP contribution in [0.1, 0.15) is 43.2 Å². The predicted octanol–water partition coefficient (Wildman–Crippen LogP) is 3.43. The van der Waals surface area contributed by atoms with Crippen molar-refractivity contribution in [3.8, 4) is 0 Å². The van der Waals surface area contributed by atoms with Gasteiger partial charge in [0.25, 0.3) is 0 Å². The molecule has 2 rings (SSSR count). The number of carboxylic acids is 1. The summed E-state index contributed by atoms with van der Waals surface area (Å²) >= 11 is 1.62. The molecule has 2 atom stereocenters. The van der Waals surface area contributed by atoms with E-state index in [2.05, 4.69) is 0 Å². The van der Waals surface area contributed by atoms with Crippen molar-refractivity contribution in [2.24, 2.45) is 0 Å². The minimum atomic E-state index is -0.770. The number of hydrogen-bond donors (Lipinski definition) is 2. The number of amides is 1. The number of carbonyl (C=O) groups excluding carboxylic acids is 1. The minimum Gasteiger partial charge on any atom is -0.481 e. The van der Waals surface area contributed by atoms with Gasteiger partial charge < -0.3 is 15.1 Å². The normalized spacial score (nSPS) is 18.6. The topological polar surface area (TPSA) is 77.8 Å². The number of aliphatic hydroxyl groups is 1. The Balaban J connectivity index is 1.83. The van der Waals surface area contributed by atoms with Gasteiger partial charge in [-0.3, -0.25) is 9.59 Å². The second-order valence-electron chi connectivity index (χ2n) is 7.24. The Hall–Kier alpha value is -1.79. The number of piperidine rings is 1. The third kappa shape index (κ3) is 7.68. The van der Waals surface area contributed by atoms with Gasteiger partial charge >= 0.3 is 5.97 Å². The first kappa shape index (κ1) is 22.5. The number of aryl methyl sites for hydroxylation is 1. The Bertz CT molecular complexity index is 676. The summed E-state index contributed by atoms with van der Waals surface area (Å²) in [5, 5.41) is 19.0. The number of hydrogen-bond acceptors (Lipinski definition) is 4. The van der Waals surface area contributed by atoms with E-state index in [-0.39, 0.29) is 18.4 Å². The van der Waals surface area contributed by atoms with E-state index in [0.29, 0.717) is 25.1 Å². The van der Waals surface area contributed by atoms with Crippen LogP contribution in [0.25, 0.3) is 0 Å². The van der Waals surface area contributed by atoms with E-state index >= 15 is 0 Å². The summed E-state index contributed by atoms with van der Waals surface area (Å²) in [6.07, 6.45) is 7.24. The number of carbonyl (C=O) groups is 2. The molecule has 28 heavy (non-hydrogen) atoms. The van der Waals surface area contributed by atoms with Gasteiger partial charge in [0.2, 0.25) is 5.91 Å². The molecule has 1 fully saturated rings. The molecule has 0 aromatic heterocycles. The van der Waals surface area contributed by atoms with Crippen LogP contribution >= 0.6 is 11.8 Å². The molecule has 1 aliphatic rings. The molecule has 0 spiro atoms. The van der Waals surface area contributed by atoms with Crippen LogP contribution in [0, 0.1) is 6.92 Å². The van der Waals surface area contributed by atoms with Gasteiger partial charge in [0, 0.05) is 25.1 Å². The molecule has 6 heteroatoms. The van der Waals surface area contributed by atoms with Crippen molar-refractivity contribution in [3.63, 3.8) is 0 Å². The number of likely N-dealkylation sites (tertiary alicyclic amines) is 1. The maximum atomic E-state index is 12.3. The molecule has 0 bridgehead atoms. The highest BCUT2D eigenvalue weighted by atomic mass is 32.2. The molecule has 0 radical (unpaired) electrons. The van der Waals surface area contributed by atoms with Crippen LogP contribution in [0.2, 0.25) is 0 Å². The average Bonchev–Trinajstić information content (AvgIpc) is 2.66. The molecular weight excluding hydrogens is 374 g/mol. The molecule has 154 valence electrons. The van der Waals surface area contributed by atoms with Crippen LogP contribution in [0.5, 0.6) is 0 Å². The number of aliphatic hydroxyl groups excluding tert-OH is 1. The average molecular weight is 406 g/mol. The third-order valence-electron chi connectivity index (χ3n) is 5.00. The Labute approximate surface area is 171 Å². The van der Waals surface area contributed by atoms with E-state index in [4.69, 9.17) is 5.11 Å². The van der Waals surface area contributed by atoms with E-state index in [1.165, 1.54) is 5.56 Å². The van der Waals surface area contributed by atoms with Crippen molar-refractivity contribution in [2.45, 2.75) is 57.6 Å². The highest BCUT2D eigenvalue weighted by Gasteiger charge is 2.25. The Morgan fingerprint density at radius 1 is 1.36 bits per heavy atom. The lowest BCUT2D eigenvalue weighted by atomic mass is 9.98. The first-order valence-electron chi connectivity index (χ1n) is 9.97. The fourth-order valence-corrected chi connectivity index (χ4v) is 4.28. The molecule has 0 saturated carbocycles. The van der Waals surface area contributed by atoms with E-state index in [0.717, 1.165) is 30.6 Å². The van der Waals surface area contributed by atoms with E-state index in [9.17, 15) is 14.7 Å². The standard InChI is InChI=1S/C22H31NO4S/c1-17-6-2-3-7-18(17)16-20(24)11-10-19-8-4-9-21(25)23(19)13-5-14-28-15-12-22(26)27/h2-3,6-7,10-11,19-20,24H,4-5,8-9,12-16H2,1H3,(H,26,27)/b11-10+/t19-,20?/m1/s1. The lowest BCUT2D eigenvalue weighted by Crippen LogP contribution is -2.43. The maximum absolute atomic E-state index is 12.3. The Kier molecular flexibility index (Phi) is 9.58. The lowest BCUT2D eigenvalue weighted by molar-refractivity contribution is -0.136. The Morgan fingerprint density at radius 3 is 2.89 bits per heavy atom. The molecule has 2 N–H and O–H groups in total. The molecule has 5 nitrogen and oxygen atoms in total. The highest BCUT2D eigenvalue weighted by molar-refractivity contribution is 7.99. The Morgan fingerprint density at radius 2 is 2.14 bits per heavy atom. The summed E-state index contributed by atoms with van der Waals surface area (Å²) in [6, 6.07) is 8.09. The molecular formula is C22H31NO4S. The molecule has 1 heterocycles. The van der Waals surface area contributed by atoms with Crippen molar-refractivity contribution >= 4 is 23.6 Å². The van der Waals surface area contributed by atoms with Gasteiger partial charge in [-0.05, 0) is 43.1 Å². The zero-order valence-electron chi connectivity index (χ0n) is 16.5. The fraction of sp³-hybridized carbons (Fsp3) is 0.545. The van der Waals surface area contributed by atoms with Crippen LogP contribution in [-0.4, -0.2) is 57.2 Å². The first-order chi connectivity index (χ1) is 13.5. The van der Waals surface area contributed by atoms with Gasteiger partial charge in [0.05, 0.1) is 18.6 Å². The summed E-state index contributed by atoms with van der Waals surface area (Å²) < 4.78 is 0. The molecule has 1 aliphatic heterocycles. The minimum absolute atomic E-state index is 0.0387. The third-order valence-corrected chi connectivity index (χ3v) is 6.08. The van der Waals surface area contributed by atoms with Crippen molar-refractivity contribution < 1.29 is 19.8 Å². The van der Waals surface area contributed by atoms with Crippen LogP contribution in [0.15, 0.2) is 36.4 Å². The SMILES string of the molecule is Cc1ccccc1CC(O)/C=C/[C@H]1CCCC(=O)N1CCCSCCC(=O)O. The fourth-order valence-electron chi connectivity index (χ4n) is 3.42. The molecule has 1 unspecified atom stereocenters.